The Balaban J connectivity index is 2.27. The summed E-state index contributed by atoms with van der Waals surface area (Å²) >= 11 is 1.39. The fourth-order valence-electron chi connectivity index (χ4n) is 2.45. The summed E-state index contributed by atoms with van der Waals surface area (Å²) in [5, 5.41) is 3.35. The van der Waals surface area contributed by atoms with Crippen LogP contribution in [0.1, 0.15) is 45.0 Å². The summed E-state index contributed by atoms with van der Waals surface area (Å²) in [4.78, 5) is 25.5. The molecule has 1 aromatic carbocycles. The third-order valence-corrected chi connectivity index (χ3v) is 4.67. The van der Waals surface area contributed by atoms with Gasteiger partial charge >= 0.3 is 5.97 Å². The van der Waals surface area contributed by atoms with Gasteiger partial charge < -0.3 is 14.8 Å². The number of carbonyl (C=O) groups excluding carboxylic acids is 2. The highest BCUT2D eigenvalue weighted by molar-refractivity contribution is 7.16. The van der Waals surface area contributed by atoms with Crippen LogP contribution in [-0.2, 0) is 11.2 Å². The van der Waals surface area contributed by atoms with Crippen molar-refractivity contribution in [3.63, 3.8) is 0 Å². The van der Waals surface area contributed by atoms with Crippen molar-refractivity contribution in [2.24, 2.45) is 0 Å². The zero-order valence-corrected chi connectivity index (χ0v) is 15.1. The molecule has 2 aromatic rings. The molecule has 0 aliphatic rings. The molecule has 0 atom stereocenters. The van der Waals surface area contributed by atoms with Gasteiger partial charge in [-0.05, 0) is 50.1 Å². The molecule has 2 rings (SSSR count). The molecule has 0 bridgehead atoms. The average molecular weight is 347 g/mol. The number of esters is 1. The van der Waals surface area contributed by atoms with Gasteiger partial charge in [0.25, 0.3) is 5.91 Å². The smallest absolute Gasteiger partial charge is 0.341 e. The van der Waals surface area contributed by atoms with Gasteiger partial charge in [-0.15, -0.1) is 11.3 Å². The van der Waals surface area contributed by atoms with Crippen molar-refractivity contribution < 1.29 is 19.1 Å². The quantitative estimate of drug-likeness (QED) is 0.801. The third-order valence-electron chi connectivity index (χ3n) is 3.61. The molecule has 1 aromatic heterocycles. The van der Waals surface area contributed by atoms with Crippen LogP contribution in [0.4, 0.5) is 5.00 Å². The fraction of sp³-hybridized carbons (Fsp3) is 0.333. The van der Waals surface area contributed by atoms with Crippen molar-refractivity contribution in [1.29, 1.82) is 0 Å². The Bertz CT molecular complexity index is 734. The van der Waals surface area contributed by atoms with Crippen molar-refractivity contribution in [1.82, 2.24) is 0 Å². The molecule has 0 unspecified atom stereocenters. The number of nitrogens with one attached hydrogen (secondary N) is 1. The van der Waals surface area contributed by atoms with Crippen LogP contribution in [-0.4, -0.2) is 25.6 Å². The molecule has 5 nitrogen and oxygen atoms in total. The van der Waals surface area contributed by atoms with E-state index in [4.69, 9.17) is 9.47 Å². The molecular weight excluding hydrogens is 326 g/mol. The van der Waals surface area contributed by atoms with Crippen molar-refractivity contribution in [3.05, 3.63) is 45.8 Å². The van der Waals surface area contributed by atoms with E-state index < -0.39 is 5.97 Å². The highest BCUT2D eigenvalue weighted by Gasteiger charge is 2.23. The Morgan fingerprint density at radius 2 is 1.83 bits per heavy atom. The summed E-state index contributed by atoms with van der Waals surface area (Å²) < 4.78 is 10.2. The van der Waals surface area contributed by atoms with Crippen LogP contribution in [0.3, 0.4) is 0 Å². The first-order chi connectivity index (χ1) is 11.5. The number of carbonyl (C=O) groups is 2. The number of rotatable bonds is 6. The summed E-state index contributed by atoms with van der Waals surface area (Å²) in [7, 11) is 1.34. The number of aryl methyl sites for hydroxylation is 1. The molecule has 6 heteroatoms. The van der Waals surface area contributed by atoms with Gasteiger partial charge in [-0.2, -0.15) is 0 Å². The second-order valence-corrected chi connectivity index (χ2v) is 6.32. The summed E-state index contributed by atoms with van der Waals surface area (Å²) in [6.45, 7) is 6.38. The van der Waals surface area contributed by atoms with Gasteiger partial charge in [0.15, 0.2) is 0 Å². The Kier molecular flexibility index (Phi) is 5.98. The molecule has 1 N–H and O–H groups in total. The van der Waals surface area contributed by atoms with E-state index in [2.05, 4.69) is 5.32 Å². The summed E-state index contributed by atoms with van der Waals surface area (Å²) in [6, 6.07) is 6.88. The lowest BCUT2D eigenvalue weighted by Gasteiger charge is -2.08. The molecule has 0 aliphatic heterocycles. The topological polar surface area (TPSA) is 64.6 Å². The second-order valence-electron chi connectivity index (χ2n) is 5.10. The van der Waals surface area contributed by atoms with E-state index in [-0.39, 0.29) is 5.91 Å². The SMILES string of the molecule is CCOc1ccc(C(=O)Nc2sc(C)c(CC)c2C(=O)OC)cc1. The number of benzene rings is 1. The number of hydrogen-bond donors (Lipinski definition) is 1. The van der Waals surface area contributed by atoms with Crippen LogP contribution < -0.4 is 10.1 Å². The maximum Gasteiger partial charge on any atom is 0.341 e. The summed E-state index contributed by atoms with van der Waals surface area (Å²) in [5.74, 6) is 0.00911. The maximum atomic E-state index is 12.5. The van der Waals surface area contributed by atoms with Crippen LogP contribution in [0.2, 0.25) is 0 Å². The van der Waals surface area contributed by atoms with Crippen molar-refractivity contribution in [3.8, 4) is 5.75 Å². The Morgan fingerprint density at radius 3 is 2.38 bits per heavy atom. The first-order valence-electron chi connectivity index (χ1n) is 7.76. The van der Waals surface area contributed by atoms with E-state index >= 15 is 0 Å². The molecule has 0 fully saturated rings. The van der Waals surface area contributed by atoms with Crippen LogP contribution in [0, 0.1) is 6.92 Å². The minimum Gasteiger partial charge on any atom is -0.494 e. The van der Waals surface area contributed by atoms with Crippen LogP contribution in [0.5, 0.6) is 5.75 Å². The normalized spacial score (nSPS) is 10.3. The van der Waals surface area contributed by atoms with E-state index in [1.807, 2.05) is 20.8 Å². The predicted molar refractivity (Wildman–Crippen MR) is 95.3 cm³/mol. The largest absolute Gasteiger partial charge is 0.494 e. The number of anilines is 1. The molecule has 0 saturated carbocycles. The predicted octanol–water partition coefficient (Wildman–Crippen LogP) is 4.06. The molecule has 0 radical (unpaired) electrons. The van der Waals surface area contributed by atoms with E-state index in [0.29, 0.717) is 34.9 Å². The molecule has 0 saturated heterocycles. The number of hydrogen-bond acceptors (Lipinski definition) is 5. The lowest BCUT2D eigenvalue weighted by Crippen LogP contribution is -2.14. The Labute approximate surface area is 145 Å². The van der Waals surface area contributed by atoms with Gasteiger partial charge in [0, 0.05) is 10.4 Å². The third kappa shape index (κ3) is 3.76. The number of thiophene rings is 1. The Morgan fingerprint density at radius 1 is 1.17 bits per heavy atom. The number of amides is 1. The second kappa shape index (κ2) is 7.97. The van der Waals surface area contributed by atoms with E-state index in [9.17, 15) is 9.59 Å². The van der Waals surface area contributed by atoms with Gasteiger partial charge in [-0.25, -0.2) is 4.79 Å². The monoisotopic (exact) mass is 347 g/mol. The molecular formula is C18H21NO4S. The highest BCUT2D eigenvalue weighted by Crippen LogP contribution is 2.34. The first-order valence-corrected chi connectivity index (χ1v) is 8.58. The number of ether oxygens (including phenoxy) is 2. The zero-order chi connectivity index (χ0) is 17.7. The van der Waals surface area contributed by atoms with Gasteiger partial charge in [0.2, 0.25) is 0 Å². The molecule has 0 aliphatic carbocycles. The van der Waals surface area contributed by atoms with Gasteiger partial charge in [0.05, 0.1) is 19.3 Å². The highest BCUT2D eigenvalue weighted by atomic mass is 32.1. The minimum atomic E-state index is -0.432. The van der Waals surface area contributed by atoms with E-state index in [1.54, 1.807) is 24.3 Å². The lowest BCUT2D eigenvalue weighted by atomic mass is 10.1. The van der Waals surface area contributed by atoms with Gasteiger partial charge in [-0.3, -0.25) is 4.79 Å². The number of methoxy groups -OCH3 is 1. The van der Waals surface area contributed by atoms with Crippen LogP contribution in [0.15, 0.2) is 24.3 Å². The van der Waals surface area contributed by atoms with Crippen molar-refractivity contribution in [2.75, 3.05) is 19.0 Å². The summed E-state index contributed by atoms with van der Waals surface area (Å²) in [6.07, 6.45) is 0.700. The Hall–Kier alpha value is -2.34. The lowest BCUT2D eigenvalue weighted by molar-refractivity contribution is 0.0601. The van der Waals surface area contributed by atoms with Crippen molar-refractivity contribution >= 4 is 28.2 Å². The summed E-state index contributed by atoms with van der Waals surface area (Å²) in [5.41, 5.74) is 1.86. The fourth-order valence-corrected chi connectivity index (χ4v) is 3.58. The van der Waals surface area contributed by atoms with Crippen LogP contribution in [0.25, 0.3) is 0 Å². The van der Waals surface area contributed by atoms with Crippen LogP contribution >= 0.6 is 11.3 Å². The molecule has 0 spiro atoms. The first kappa shape index (κ1) is 18.0. The van der Waals surface area contributed by atoms with E-state index in [0.717, 1.165) is 10.4 Å². The molecule has 1 heterocycles. The average Bonchev–Trinajstić information content (AvgIpc) is 2.90. The van der Waals surface area contributed by atoms with Gasteiger partial charge in [0.1, 0.15) is 10.8 Å². The standard InChI is InChI=1S/C18H21NO4S/c1-5-14-11(3)24-17(15(14)18(21)22-4)19-16(20)12-7-9-13(10-8-12)23-6-2/h7-10H,5-6H2,1-4H3,(H,19,20). The molecule has 24 heavy (non-hydrogen) atoms. The van der Waals surface area contributed by atoms with Gasteiger partial charge in [-0.1, -0.05) is 6.92 Å². The maximum absolute atomic E-state index is 12.5. The molecule has 1 amide bonds. The zero-order valence-electron chi connectivity index (χ0n) is 14.3. The minimum absolute atomic E-state index is 0.271. The van der Waals surface area contributed by atoms with E-state index in [1.165, 1.54) is 18.4 Å². The molecule has 128 valence electrons. The van der Waals surface area contributed by atoms with Crippen molar-refractivity contribution in [2.45, 2.75) is 27.2 Å².